The highest BCUT2D eigenvalue weighted by Gasteiger charge is 2.51. The van der Waals surface area contributed by atoms with Crippen LogP contribution in [0.4, 0.5) is 4.39 Å². The van der Waals surface area contributed by atoms with Crippen LogP contribution in [-0.4, -0.2) is 11.8 Å². The number of halogens is 1. The normalized spacial score (nSPS) is 37.7. The Balaban J connectivity index is 2.28. The van der Waals surface area contributed by atoms with Gasteiger partial charge in [0.1, 0.15) is 6.26 Å². The summed E-state index contributed by atoms with van der Waals surface area (Å²) in [6.07, 6.45) is 3.60. The van der Waals surface area contributed by atoms with Crippen LogP contribution in [0.3, 0.4) is 0 Å². The van der Waals surface area contributed by atoms with Crippen molar-refractivity contribution >= 4 is 5.97 Å². The zero-order valence-electron chi connectivity index (χ0n) is 10.5. The third-order valence-corrected chi connectivity index (χ3v) is 3.80. The molecule has 0 aromatic rings. The van der Waals surface area contributed by atoms with Crippen LogP contribution in [0.2, 0.25) is 0 Å². The van der Waals surface area contributed by atoms with E-state index in [0.29, 0.717) is 18.3 Å². The van der Waals surface area contributed by atoms with Gasteiger partial charge >= 0.3 is 5.97 Å². The lowest BCUT2D eigenvalue weighted by Crippen LogP contribution is -2.51. The van der Waals surface area contributed by atoms with Gasteiger partial charge in [0.05, 0.1) is 0 Å². The van der Waals surface area contributed by atoms with E-state index in [4.69, 9.17) is 9.47 Å². The van der Waals surface area contributed by atoms with Gasteiger partial charge in [0.2, 0.25) is 5.83 Å². The van der Waals surface area contributed by atoms with Gasteiger partial charge in [-0.15, -0.1) is 0 Å². The maximum atomic E-state index is 13.0. The molecule has 2 aliphatic rings. The van der Waals surface area contributed by atoms with Gasteiger partial charge in [-0.3, -0.25) is 0 Å². The van der Waals surface area contributed by atoms with Gasteiger partial charge in [0.25, 0.3) is 5.79 Å². The molecule has 0 amide bonds. The van der Waals surface area contributed by atoms with Gasteiger partial charge in [-0.25, -0.2) is 4.79 Å². The molecule has 1 saturated carbocycles. The Kier molecular flexibility index (Phi) is 3.15. The van der Waals surface area contributed by atoms with Gasteiger partial charge in [-0.2, -0.15) is 4.39 Å². The van der Waals surface area contributed by atoms with Crippen molar-refractivity contribution < 1.29 is 18.7 Å². The van der Waals surface area contributed by atoms with E-state index in [-0.39, 0.29) is 5.92 Å². The molecule has 3 nitrogen and oxygen atoms in total. The SMILES string of the molecule is CC(C)[C@@H]1CC[C@@H](C)C[C@]12OC=C(F)C(=O)O2. The molecule has 2 rings (SSSR count). The Morgan fingerprint density at radius 1 is 1.47 bits per heavy atom. The van der Waals surface area contributed by atoms with Crippen LogP contribution >= 0.6 is 0 Å². The molecule has 1 heterocycles. The van der Waals surface area contributed by atoms with Crippen molar-refractivity contribution in [3.8, 4) is 0 Å². The third kappa shape index (κ3) is 2.17. The van der Waals surface area contributed by atoms with E-state index in [9.17, 15) is 9.18 Å². The summed E-state index contributed by atoms with van der Waals surface area (Å²) in [6.45, 7) is 6.26. The molecule has 0 radical (unpaired) electrons. The predicted octanol–water partition coefficient (Wildman–Crippen LogP) is 3.16. The number of rotatable bonds is 1. The molecule has 17 heavy (non-hydrogen) atoms. The maximum Gasteiger partial charge on any atom is 0.373 e. The third-order valence-electron chi connectivity index (χ3n) is 3.80. The Morgan fingerprint density at radius 3 is 2.76 bits per heavy atom. The minimum atomic E-state index is -0.948. The second kappa shape index (κ2) is 4.31. The van der Waals surface area contributed by atoms with Gasteiger partial charge < -0.3 is 9.47 Å². The molecular weight excluding hydrogens is 223 g/mol. The van der Waals surface area contributed by atoms with E-state index in [1.807, 2.05) is 0 Å². The summed E-state index contributed by atoms with van der Waals surface area (Å²) in [5, 5.41) is 0. The summed E-state index contributed by atoms with van der Waals surface area (Å²) in [5.74, 6) is -1.89. The first-order chi connectivity index (χ1) is 7.94. The summed E-state index contributed by atoms with van der Waals surface area (Å²) in [7, 11) is 0. The van der Waals surface area contributed by atoms with E-state index in [1.54, 1.807) is 0 Å². The fraction of sp³-hybridized carbons (Fsp3) is 0.769. The standard InChI is InChI=1S/C13H19FO3/c1-8(2)10-5-4-9(3)6-13(10)16-7-11(14)12(15)17-13/h7-10H,4-6H2,1-3H3/t9-,10+,13-/m1/s1. The molecule has 0 N–H and O–H groups in total. The molecule has 0 aromatic heterocycles. The van der Waals surface area contributed by atoms with E-state index >= 15 is 0 Å². The summed E-state index contributed by atoms with van der Waals surface area (Å²) >= 11 is 0. The number of hydrogen-bond acceptors (Lipinski definition) is 3. The van der Waals surface area contributed by atoms with Crippen LogP contribution < -0.4 is 0 Å². The minimum absolute atomic E-state index is 0.131. The van der Waals surface area contributed by atoms with Crippen molar-refractivity contribution in [3.63, 3.8) is 0 Å². The zero-order chi connectivity index (χ0) is 12.6. The van der Waals surface area contributed by atoms with E-state index in [0.717, 1.165) is 19.1 Å². The topological polar surface area (TPSA) is 35.5 Å². The van der Waals surface area contributed by atoms with Crippen molar-refractivity contribution in [1.82, 2.24) is 0 Å². The second-order valence-electron chi connectivity index (χ2n) is 5.52. The van der Waals surface area contributed by atoms with Crippen molar-refractivity contribution in [3.05, 3.63) is 12.1 Å². The maximum absolute atomic E-state index is 13.0. The number of ether oxygens (including phenoxy) is 2. The van der Waals surface area contributed by atoms with E-state index < -0.39 is 17.6 Å². The highest BCUT2D eigenvalue weighted by Crippen LogP contribution is 2.46. The Labute approximate surface area is 101 Å². The summed E-state index contributed by atoms with van der Waals surface area (Å²) in [4.78, 5) is 11.4. The van der Waals surface area contributed by atoms with Crippen molar-refractivity contribution in [2.75, 3.05) is 0 Å². The molecule has 0 unspecified atom stereocenters. The fourth-order valence-electron chi connectivity index (χ4n) is 2.95. The van der Waals surface area contributed by atoms with Crippen LogP contribution in [0.5, 0.6) is 0 Å². The largest absolute Gasteiger partial charge is 0.456 e. The van der Waals surface area contributed by atoms with Crippen LogP contribution in [0.1, 0.15) is 40.0 Å². The summed E-state index contributed by atoms with van der Waals surface area (Å²) in [6, 6.07) is 0. The van der Waals surface area contributed by atoms with Gasteiger partial charge in [-0.1, -0.05) is 20.8 Å². The quantitative estimate of drug-likeness (QED) is 0.662. The van der Waals surface area contributed by atoms with Crippen molar-refractivity contribution in [2.24, 2.45) is 17.8 Å². The molecule has 3 atom stereocenters. The van der Waals surface area contributed by atoms with Crippen molar-refractivity contribution in [1.29, 1.82) is 0 Å². The first-order valence-corrected chi connectivity index (χ1v) is 6.21. The molecule has 96 valence electrons. The molecule has 0 bridgehead atoms. The second-order valence-corrected chi connectivity index (χ2v) is 5.52. The summed E-state index contributed by atoms with van der Waals surface area (Å²) < 4.78 is 23.7. The van der Waals surface area contributed by atoms with E-state index in [1.165, 1.54) is 0 Å². The minimum Gasteiger partial charge on any atom is -0.456 e. The predicted molar refractivity (Wildman–Crippen MR) is 60.4 cm³/mol. The highest BCUT2D eigenvalue weighted by molar-refractivity contribution is 5.86. The fourth-order valence-corrected chi connectivity index (χ4v) is 2.95. The molecular formula is C13H19FO3. The molecule has 1 aliphatic carbocycles. The molecule has 1 spiro atoms. The first kappa shape index (κ1) is 12.4. The Bertz CT molecular complexity index is 351. The Hall–Kier alpha value is -1.06. The highest BCUT2D eigenvalue weighted by atomic mass is 19.1. The molecule has 1 aliphatic heterocycles. The molecule has 4 heteroatoms. The molecule has 0 aromatic carbocycles. The van der Waals surface area contributed by atoms with Crippen molar-refractivity contribution in [2.45, 2.75) is 45.8 Å². The number of esters is 1. The smallest absolute Gasteiger partial charge is 0.373 e. The number of carbonyl (C=O) groups excluding carboxylic acids is 1. The average Bonchev–Trinajstić information content (AvgIpc) is 2.23. The van der Waals surface area contributed by atoms with Crippen LogP contribution in [0, 0.1) is 17.8 Å². The summed E-state index contributed by atoms with van der Waals surface area (Å²) in [5.41, 5.74) is 0. The molecule has 1 fully saturated rings. The lowest BCUT2D eigenvalue weighted by molar-refractivity contribution is -0.265. The average molecular weight is 242 g/mol. The lowest BCUT2D eigenvalue weighted by atomic mass is 9.72. The van der Waals surface area contributed by atoms with Crippen LogP contribution in [0.15, 0.2) is 12.1 Å². The lowest BCUT2D eigenvalue weighted by Gasteiger charge is -2.46. The van der Waals surface area contributed by atoms with Crippen LogP contribution in [-0.2, 0) is 14.3 Å². The zero-order valence-corrected chi connectivity index (χ0v) is 10.5. The van der Waals surface area contributed by atoms with E-state index in [2.05, 4.69) is 20.8 Å². The number of hydrogen-bond donors (Lipinski definition) is 0. The monoisotopic (exact) mass is 242 g/mol. The van der Waals surface area contributed by atoms with Gasteiger partial charge in [-0.05, 0) is 24.7 Å². The van der Waals surface area contributed by atoms with Crippen LogP contribution in [0.25, 0.3) is 0 Å². The van der Waals surface area contributed by atoms with Gasteiger partial charge in [0.15, 0.2) is 0 Å². The Morgan fingerprint density at radius 2 is 2.18 bits per heavy atom. The number of carbonyl (C=O) groups is 1. The van der Waals surface area contributed by atoms with Gasteiger partial charge in [0, 0.05) is 12.3 Å². The molecule has 0 saturated heterocycles. The first-order valence-electron chi connectivity index (χ1n) is 6.21.